The molecule has 6 heteroatoms. The molecule has 0 aromatic carbocycles. The Morgan fingerprint density at radius 3 is 3.00 bits per heavy atom. The van der Waals surface area contributed by atoms with Gasteiger partial charge in [0.15, 0.2) is 0 Å². The quantitative estimate of drug-likeness (QED) is 0.722. The predicted molar refractivity (Wildman–Crippen MR) is 49.3 cm³/mol. The van der Waals surface area contributed by atoms with Gasteiger partial charge in [0.05, 0.1) is 6.10 Å². The molecule has 0 saturated heterocycles. The van der Waals surface area contributed by atoms with Gasteiger partial charge >= 0.3 is 0 Å². The highest BCUT2D eigenvalue weighted by Crippen LogP contribution is 2.11. The van der Waals surface area contributed by atoms with Crippen molar-refractivity contribution in [2.45, 2.75) is 13.0 Å². The highest BCUT2D eigenvalue weighted by molar-refractivity contribution is 7.09. The Kier molecular flexibility index (Phi) is 3.24. The van der Waals surface area contributed by atoms with Crippen LogP contribution in [0.15, 0.2) is 0 Å². The van der Waals surface area contributed by atoms with Crippen LogP contribution in [0.2, 0.25) is 0 Å². The number of anilines is 2. The van der Waals surface area contributed by atoms with Crippen LogP contribution >= 0.6 is 11.5 Å². The molecule has 3 N–H and O–H groups in total. The summed E-state index contributed by atoms with van der Waals surface area (Å²) in [5.74, 6) is 0.313. The lowest BCUT2D eigenvalue weighted by Crippen LogP contribution is -2.17. The van der Waals surface area contributed by atoms with E-state index in [9.17, 15) is 0 Å². The molecule has 0 aliphatic rings. The van der Waals surface area contributed by atoms with Gasteiger partial charge in [-0.15, -0.1) is 0 Å². The van der Waals surface area contributed by atoms with Crippen LogP contribution in [0.1, 0.15) is 6.92 Å². The molecule has 0 amide bonds. The SMILES string of the molecule is COC(C)CNc1nc(N)ns1. The molecule has 12 heavy (non-hydrogen) atoms. The fourth-order valence-electron chi connectivity index (χ4n) is 0.621. The van der Waals surface area contributed by atoms with E-state index in [1.54, 1.807) is 7.11 Å². The Balaban J connectivity index is 2.33. The average molecular weight is 188 g/mol. The van der Waals surface area contributed by atoms with Gasteiger partial charge in [-0.2, -0.15) is 9.36 Å². The molecule has 1 rings (SSSR count). The third kappa shape index (κ3) is 2.63. The van der Waals surface area contributed by atoms with Crippen molar-refractivity contribution in [3.05, 3.63) is 0 Å². The highest BCUT2D eigenvalue weighted by atomic mass is 32.1. The van der Waals surface area contributed by atoms with Gasteiger partial charge < -0.3 is 15.8 Å². The van der Waals surface area contributed by atoms with E-state index >= 15 is 0 Å². The smallest absolute Gasteiger partial charge is 0.233 e. The van der Waals surface area contributed by atoms with Gasteiger partial charge in [0.25, 0.3) is 0 Å². The minimum Gasteiger partial charge on any atom is -0.380 e. The molecule has 0 aliphatic carbocycles. The monoisotopic (exact) mass is 188 g/mol. The van der Waals surface area contributed by atoms with Gasteiger partial charge in [0.2, 0.25) is 11.1 Å². The number of aromatic nitrogens is 2. The molecule has 1 unspecified atom stereocenters. The first kappa shape index (κ1) is 9.21. The summed E-state index contributed by atoms with van der Waals surface area (Å²) >= 11 is 1.25. The lowest BCUT2D eigenvalue weighted by atomic mass is 10.4. The van der Waals surface area contributed by atoms with E-state index in [0.717, 1.165) is 5.13 Å². The topological polar surface area (TPSA) is 73.1 Å². The fourth-order valence-corrected chi connectivity index (χ4v) is 1.12. The maximum Gasteiger partial charge on any atom is 0.233 e. The summed E-state index contributed by atoms with van der Waals surface area (Å²) in [6.45, 7) is 2.68. The Hall–Kier alpha value is -0.880. The number of rotatable bonds is 4. The summed E-state index contributed by atoms with van der Waals surface area (Å²) in [5, 5.41) is 3.79. The van der Waals surface area contributed by atoms with Gasteiger partial charge in [0.1, 0.15) is 0 Å². The molecule has 0 aliphatic heterocycles. The van der Waals surface area contributed by atoms with Gasteiger partial charge in [-0.25, -0.2) is 0 Å². The number of hydrogen-bond donors (Lipinski definition) is 2. The number of nitrogens with two attached hydrogens (primary N) is 1. The first-order valence-corrected chi connectivity index (χ1v) is 4.35. The van der Waals surface area contributed by atoms with Crippen molar-refractivity contribution in [1.82, 2.24) is 9.36 Å². The first-order valence-electron chi connectivity index (χ1n) is 3.58. The van der Waals surface area contributed by atoms with Gasteiger partial charge in [0, 0.05) is 25.2 Å². The van der Waals surface area contributed by atoms with Crippen LogP contribution in [-0.2, 0) is 4.74 Å². The van der Waals surface area contributed by atoms with Crippen molar-refractivity contribution in [3.63, 3.8) is 0 Å². The maximum atomic E-state index is 5.33. The van der Waals surface area contributed by atoms with E-state index in [0.29, 0.717) is 12.5 Å². The molecule has 1 aromatic rings. The van der Waals surface area contributed by atoms with E-state index in [2.05, 4.69) is 14.7 Å². The van der Waals surface area contributed by atoms with E-state index in [1.807, 2.05) is 6.92 Å². The average Bonchev–Trinajstić information content (AvgIpc) is 2.47. The summed E-state index contributed by atoms with van der Waals surface area (Å²) in [5.41, 5.74) is 5.33. The van der Waals surface area contributed by atoms with Crippen molar-refractivity contribution in [2.75, 3.05) is 24.7 Å². The Morgan fingerprint density at radius 2 is 2.50 bits per heavy atom. The van der Waals surface area contributed by atoms with Crippen LogP contribution in [0.5, 0.6) is 0 Å². The minimum absolute atomic E-state index is 0.162. The summed E-state index contributed by atoms with van der Waals surface area (Å²) in [6.07, 6.45) is 0.162. The number of nitrogens with zero attached hydrogens (tertiary/aromatic N) is 2. The molecule has 0 saturated carbocycles. The van der Waals surface area contributed by atoms with Crippen LogP contribution in [0.3, 0.4) is 0 Å². The van der Waals surface area contributed by atoms with Crippen LogP contribution in [-0.4, -0.2) is 29.1 Å². The van der Waals surface area contributed by atoms with Crippen molar-refractivity contribution < 1.29 is 4.74 Å². The molecular formula is C6H12N4OS. The van der Waals surface area contributed by atoms with Gasteiger partial charge in [-0.3, -0.25) is 0 Å². The molecular weight excluding hydrogens is 176 g/mol. The molecule has 1 heterocycles. The molecule has 0 fully saturated rings. The Bertz CT molecular complexity index is 239. The number of nitrogen functional groups attached to an aromatic ring is 1. The van der Waals surface area contributed by atoms with Crippen molar-refractivity contribution >= 4 is 22.6 Å². The van der Waals surface area contributed by atoms with Crippen molar-refractivity contribution in [3.8, 4) is 0 Å². The zero-order valence-electron chi connectivity index (χ0n) is 7.07. The zero-order chi connectivity index (χ0) is 8.97. The largest absolute Gasteiger partial charge is 0.380 e. The third-order valence-electron chi connectivity index (χ3n) is 1.38. The van der Waals surface area contributed by atoms with E-state index in [4.69, 9.17) is 10.5 Å². The Labute approximate surface area is 75.1 Å². The molecule has 0 spiro atoms. The van der Waals surface area contributed by atoms with Crippen molar-refractivity contribution in [1.29, 1.82) is 0 Å². The number of methoxy groups -OCH3 is 1. The second-order valence-corrected chi connectivity index (χ2v) is 3.14. The molecule has 68 valence electrons. The van der Waals surface area contributed by atoms with E-state index in [-0.39, 0.29) is 6.10 Å². The summed E-state index contributed by atoms with van der Waals surface area (Å²) in [4.78, 5) is 3.94. The van der Waals surface area contributed by atoms with Crippen LogP contribution in [0.25, 0.3) is 0 Å². The lowest BCUT2D eigenvalue weighted by Gasteiger charge is -2.08. The second kappa shape index (κ2) is 4.22. The lowest BCUT2D eigenvalue weighted by molar-refractivity contribution is 0.129. The molecule has 1 atom stereocenters. The van der Waals surface area contributed by atoms with Crippen LogP contribution in [0, 0.1) is 0 Å². The first-order chi connectivity index (χ1) is 5.72. The fraction of sp³-hybridized carbons (Fsp3) is 0.667. The maximum absolute atomic E-state index is 5.33. The van der Waals surface area contributed by atoms with Gasteiger partial charge in [-0.1, -0.05) is 0 Å². The van der Waals surface area contributed by atoms with Crippen LogP contribution < -0.4 is 11.1 Å². The van der Waals surface area contributed by atoms with E-state index in [1.165, 1.54) is 11.5 Å². The normalized spacial score (nSPS) is 12.8. The van der Waals surface area contributed by atoms with Crippen molar-refractivity contribution in [2.24, 2.45) is 0 Å². The third-order valence-corrected chi connectivity index (χ3v) is 2.07. The Morgan fingerprint density at radius 1 is 1.75 bits per heavy atom. The summed E-state index contributed by atoms with van der Waals surface area (Å²) in [6, 6.07) is 0. The van der Waals surface area contributed by atoms with E-state index < -0.39 is 0 Å². The molecule has 5 nitrogen and oxygen atoms in total. The summed E-state index contributed by atoms with van der Waals surface area (Å²) < 4.78 is 8.87. The standard InChI is InChI=1S/C6H12N4OS/c1-4(11-2)3-8-6-9-5(7)10-12-6/h4H,3H2,1-2H3,(H3,7,8,9,10). The molecule has 0 bridgehead atoms. The number of nitrogens with one attached hydrogen (secondary N) is 1. The predicted octanol–water partition coefficient (Wildman–Crippen LogP) is 0.567. The highest BCUT2D eigenvalue weighted by Gasteiger charge is 2.02. The minimum atomic E-state index is 0.162. The number of ether oxygens (including phenoxy) is 1. The second-order valence-electron chi connectivity index (χ2n) is 2.38. The van der Waals surface area contributed by atoms with Crippen LogP contribution in [0.4, 0.5) is 11.1 Å². The number of hydrogen-bond acceptors (Lipinski definition) is 6. The zero-order valence-corrected chi connectivity index (χ0v) is 7.89. The summed E-state index contributed by atoms with van der Waals surface area (Å²) in [7, 11) is 1.67. The molecule has 1 aromatic heterocycles. The van der Waals surface area contributed by atoms with Gasteiger partial charge in [-0.05, 0) is 6.92 Å². The molecule has 0 radical (unpaired) electrons.